The van der Waals surface area contributed by atoms with Crippen LogP contribution in [0.15, 0.2) is 36.4 Å². The van der Waals surface area contributed by atoms with Crippen molar-refractivity contribution >= 4 is 17.6 Å². The van der Waals surface area contributed by atoms with Crippen LogP contribution in [0.25, 0.3) is 0 Å². The van der Waals surface area contributed by atoms with E-state index >= 15 is 0 Å². The van der Waals surface area contributed by atoms with Crippen LogP contribution in [0, 0.1) is 0 Å². The maximum absolute atomic E-state index is 12.1. The van der Waals surface area contributed by atoms with E-state index in [1.807, 2.05) is 13.0 Å². The summed E-state index contributed by atoms with van der Waals surface area (Å²) in [4.78, 5) is 23.9. The molecular formula is C17H23N3O3. The number of amides is 3. The summed E-state index contributed by atoms with van der Waals surface area (Å²) >= 11 is 0. The van der Waals surface area contributed by atoms with E-state index in [1.165, 1.54) is 0 Å². The van der Waals surface area contributed by atoms with Crippen LogP contribution in [0.2, 0.25) is 0 Å². The van der Waals surface area contributed by atoms with E-state index in [-0.39, 0.29) is 5.91 Å². The average molecular weight is 317 g/mol. The van der Waals surface area contributed by atoms with Crippen LogP contribution in [-0.4, -0.2) is 31.1 Å². The highest BCUT2D eigenvalue weighted by atomic mass is 16.5. The summed E-state index contributed by atoms with van der Waals surface area (Å²) in [5, 5.41) is 8.23. The molecule has 1 saturated heterocycles. The zero-order valence-electron chi connectivity index (χ0n) is 13.4. The lowest BCUT2D eigenvalue weighted by molar-refractivity contribution is -0.122. The molecule has 1 aromatic carbocycles. The first kappa shape index (κ1) is 16.9. The van der Waals surface area contributed by atoms with Gasteiger partial charge in [-0.1, -0.05) is 12.6 Å². The van der Waals surface area contributed by atoms with Gasteiger partial charge in [0.25, 0.3) is 0 Å². The Morgan fingerprint density at radius 1 is 1.43 bits per heavy atom. The van der Waals surface area contributed by atoms with E-state index in [1.54, 1.807) is 18.2 Å². The number of urea groups is 1. The summed E-state index contributed by atoms with van der Waals surface area (Å²) in [6, 6.07) is 6.21. The van der Waals surface area contributed by atoms with Gasteiger partial charge in [-0.25, -0.2) is 4.79 Å². The first-order valence-corrected chi connectivity index (χ1v) is 7.77. The number of anilines is 1. The number of nitrogens with one attached hydrogen (secondary N) is 3. The highest BCUT2D eigenvalue weighted by molar-refractivity contribution is 5.93. The molecule has 2 rings (SSSR count). The molecule has 1 aromatic rings. The van der Waals surface area contributed by atoms with Crippen molar-refractivity contribution in [3.8, 4) is 5.75 Å². The molecule has 0 aromatic heterocycles. The molecule has 3 N–H and O–H groups in total. The zero-order valence-corrected chi connectivity index (χ0v) is 13.4. The van der Waals surface area contributed by atoms with E-state index in [0.29, 0.717) is 31.0 Å². The Kier molecular flexibility index (Phi) is 6.02. The molecule has 0 spiro atoms. The SMILES string of the molecule is C=C(C)COc1cccc(NC(=O)N[C@H]2CCCCNC2=O)c1. The van der Waals surface area contributed by atoms with Gasteiger partial charge in [0.2, 0.25) is 5.91 Å². The first-order valence-electron chi connectivity index (χ1n) is 7.77. The normalized spacial score (nSPS) is 17.6. The third-order valence-corrected chi connectivity index (χ3v) is 3.42. The topological polar surface area (TPSA) is 79.5 Å². The van der Waals surface area contributed by atoms with Gasteiger partial charge in [-0.3, -0.25) is 4.79 Å². The number of hydrogen-bond acceptors (Lipinski definition) is 3. The second-order valence-electron chi connectivity index (χ2n) is 5.71. The number of ether oxygens (including phenoxy) is 1. The van der Waals surface area contributed by atoms with Crippen molar-refractivity contribution in [3.05, 3.63) is 36.4 Å². The molecule has 0 unspecified atom stereocenters. The van der Waals surface area contributed by atoms with Crippen molar-refractivity contribution in [2.45, 2.75) is 32.2 Å². The summed E-state index contributed by atoms with van der Waals surface area (Å²) in [6.07, 6.45) is 2.50. The fourth-order valence-corrected chi connectivity index (χ4v) is 2.27. The fourth-order valence-electron chi connectivity index (χ4n) is 2.27. The van der Waals surface area contributed by atoms with Gasteiger partial charge in [-0.05, 0) is 43.9 Å². The van der Waals surface area contributed by atoms with Crippen LogP contribution >= 0.6 is 0 Å². The van der Waals surface area contributed by atoms with Gasteiger partial charge < -0.3 is 20.7 Å². The molecule has 1 fully saturated rings. The minimum absolute atomic E-state index is 0.129. The van der Waals surface area contributed by atoms with Crippen molar-refractivity contribution in [1.82, 2.24) is 10.6 Å². The van der Waals surface area contributed by atoms with E-state index in [4.69, 9.17) is 4.74 Å². The monoisotopic (exact) mass is 317 g/mol. The summed E-state index contributed by atoms with van der Waals surface area (Å²) < 4.78 is 5.54. The maximum atomic E-state index is 12.1. The molecule has 1 heterocycles. The molecule has 23 heavy (non-hydrogen) atoms. The highest BCUT2D eigenvalue weighted by Crippen LogP contribution is 2.18. The van der Waals surface area contributed by atoms with Gasteiger partial charge >= 0.3 is 6.03 Å². The van der Waals surface area contributed by atoms with Crippen LogP contribution in [0.1, 0.15) is 26.2 Å². The molecule has 1 aliphatic rings. The van der Waals surface area contributed by atoms with E-state index in [0.717, 1.165) is 18.4 Å². The van der Waals surface area contributed by atoms with Crippen LogP contribution in [0.3, 0.4) is 0 Å². The van der Waals surface area contributed by atoms with E-state index < -0.39 is 12.1 Å². The Hall–Kier alpha value is -2.50. The second kappa shape index (κ2) is 8.22. The molecule has 0 saturated carbocycles. The molecule has 3 amide bonds. The lowest BCUT2D eigenvalue weighted by Crippen LogP contribution is -2.46. The number of carbonyl (C=O) groups is 2. The Labute approximate surface area is 136 Å². The largest absolute Gasteiger partial charge is 0.489 e. The van der Waals surface area contributed by atoms with Crippen molar-refractivity contribution in [2.24, 2.45) is 0 Å². The molecule has 6 heteroatoms. The molecule has 6 nitrogen and oxygen atoms in total. The molecule has 0 bridgehead atoms. The average Bonchev–Trinajstić information content (AvgIpc) is 2.70. The number of carbonyl (C=O) groups excluding carboxylic acids is 2. The number of hydrogen-bond donors (Lipinski definition) is 3. The fraction of sp³-hybridized carbons (Fsp3) is 0.412. The van der Waals surface area contributed by atoms with Gasteiger partial charge in [-0.2, -0.15) is 0 Å². The summed E-state index contributed by atoms with van der Waals surface area (Å²) in [7, 11) is 0. The van der Waals surface area contributed by atoms with Crippen LogP contribution < -0.4 is 20.7 Å². The zero-order chi connectivity index (χ0) is 16.7. The minimum atomic E-state index is -0.486. The van der Waals surface area contributed by atoms with Crippen LogP contribution in [0.5, 0.6) is 5.75 Å². The van der Waals surface area contributed by atoms with Crippen molar-refractivity contribution < 1.29 is 14.3 Å². The Morgan fingerprint density at radius 2 is 2.26 bits per heavy atom. The summed E-state index contributed by atoms with van der Waals surface area (Å²) in [5.41, 5.74) is 1.52. The maximum Gasteiger partial charge on any atom is 0.319 e. The van der Waals surface area contributed by atoms with Gasteiger partial charge in [0.1, 0.15) is 18.4 Å². The lowest BCUT2D eigenvalue weighted by Gasteiger charge is -2.16. The minimum Gasteiger partial charge on any atom is -0.489 e. The van der Waals surface area contributed by atoms with Gasteiger partial charge in [0.05, 0.1) is 0 Å². The number of rotatable bonds is 5. The van der Waals surface area contributed by atoms with Crippen molar-refractivity contribution in [3.63, 3.8) is 0 Å². The third kappa shape index (κ3) is 5.65. The summed E-state index contributed by atoms with van der Waals surface area (Å²) in [6.45, 7) is 6.76. The van der Waals surface area contributed by atoms with Crippen molar-refractivity contribution in [1.29, 1.82) is 0 Å². The van der Waals surface area contributed by atoms with Gasteiger partial charge in [0, 0.05) is 18.3 Å². The quantitative estimate of drug-likeness (QED) is 0.730. The third-order valence-electron chi connectivity index (χ3n) is 3.42. The molecule has 0 aliphatic carbocycles. The van der Waals surface area contributed by atoms with Crippen LogP contribution in [-0.2, 0) is 4.79 Å². The molecular weight excluding hydrogens is 294 g/mol. The predicted molar refractivity (Wildman–Crippen MR) is 89.6 cm³/mol. The smallest absolute Gasteiger partial charge is 0.319 e. The van der Waals surface area contributed by atoms with E-state index in [2.05, 4.69) is 22.5 Å². The molecule has 1 aliphatic heterocycles. The van der Waals surface area contributed by atoms with E-state index in [9.17, 15) is 9.59 Å². The second-order valence-corrected chi connectivity index (χ2v) is 5.71. The Bertz CT molecular complexity index is 586. The van der Waals surface area contributed by atoms with Crippen molar-refractivity contribution in [2.75, 3.05) is 18.5 Å². The Balaban J connectivity index is 1.90. The Morgan fingerprint density at radius 3 is 3.04 bits per heavy atom. The lowest BCUT2D eigenvalue weighted by atomic mass is 10.1. The molecule has 124 valence electrons. The van der Waals surface area contributed by atoms with Gasteiger partial charge in [-0.15, -0.1) is 0 Å². The predicted octanol–water partition coefficient (Wildman–Crippen LogP) is 2.43. The standard InChI is InChI=1S/C17H23N3O3/c1-12(2)11-23-14-7-5-6-13(10-14)19-17(22)20-15-8-3-4-9-18-16(15)21/h5-7,10,15H,1,3-4,8-9,11H2,2H3,(H,18,21)(H2,19,20,22)/t15-/m0/s1. The molecule has 0 radical (unpaired) electrons. The highest BCUT2D eigenvalue weighted by Gasteiger charge is 2.22. The molecule has 1 atom stereocenters. The first-order chi connectivity index (χ1) is 11.0. The van der Waals surface area contributed by atoms with Gasteiger partial charge in [0.15, 0.2) is 0 Å². The van der Waals surface area contributed by atoms with Crippen LogP contribution in [0.4, 0.5) is 10.5 Å². The summed E-state index contributed by atoms with van der Waals surface area (Å²) in [5.74, 6) is 0.522. The number of benzene rings is 1.